The number of benzene rings is 2. The molecule has 0 aliphatic carbocycles. The summed E-state index contributed by atoms with van der Waals surface area (Å²) in [5.41, 5.74) is 5.10. The van der Waals surface area contributed by atoms with E-state index in [0.717, 1.165) is 41.8 Å². The summed E-state index contributed by atoms with van der Waals surface area (Å²) < 4.78 is 1.93. The number of nitrogens with one attached hydrogen (secondary N) is 1. The summed E-state index contributed by atoms with van der Waals surface area (Å²) in [6.45, 7) is 4.21. The molecule has 3 aromatic rings. The maximum atomic E-state index is 12.5. The molecule has 0 amide bonds. The molecular weight excluding hydrogens is 284 g/mol. The number of unbranched alkanes of at least 4 members (excludes halogenated alkanes) is 1. The van der Waals surface area contributed by atoms with Crippen LogP contribution in [0.15, 0.2) is 59.4 Å². The molecule has 0 saturated carbocycles. The normalized spacial score (nSPS) is 10.9. The van der Waals surface area contributed by atoms with Crippen LogP contribution >= 0.6 is 0 Å². The largest absolute Gasteiger partial charge is 0.268 e. The molecule has 23 heavy (non-hydrogen) atoms. The zero-order valence-electron chi connectivity index (χ0n) is 13.7. The third-order valence-electron chi connectivity index (χ3n) is 4.08. The smallest absolute Gasteiger partial charge is 0.268 e. The minimum atomic E-state index is 0.0128. The van der Waals surface area contributed by atoms with Crippen molar-refractivity contribution in [3.63, 3.8) is 0 Å². The van der Waals surface area contributed by atoms with Gasteiger partial charge in [-0.15, -0.1) is 0 Å². The first-order valence-corrected chi connectivity index (χ1v) is 8.17. The number of H-pyrrole nitrogens is 1. The van der Waals surface area contributed by atoms with Crippen LogP contribution in [0.4, 0.5) is 0 Å². The average Bonchev–Trinajstić information content (AvgIpc) is 2.90. The Kier molecular flexibility index (Phi) is 4.47. The average molecular weight is 306 g/mol. The zero-order chi connectivity index (χ0) is 16.2. The van der Waals surface area contributed by atoms with Crippen molar-refractivity contribution in [2.24, 2.45) is 0 Å². The Hall–Kier alpha value is -2.55. The van der Waals surface area contributed by atoms with E-state index in [1.165, 1.54) is 5.56 Å². The summed E-state index contributed by atoms with van der Waals surface area (Å²) >= 11 is 0. The lowest BCUT2D eigenvalue weighted by molar-refractivity contribution is 0.792. The molecule has 1 N–H and O–H groups in total. The van der Waals surface area contributed by atoms with Crippen LogP contribution in [-0.2, 0) is 6.42 Å². The van der Waals surface area contributed by atoms with Crippen LogP contribution in [0.25, 0.3) is 16.9 Å². The quantitative estimate of drug-likeness (QED) is 0.741. The highest BCUT2D eigenvalue weighted by atomic mass is 16.1. The summed E-state index contributed by atoms with van der Waals surface area (Å²) in [4.78, 5) is 12.5. The first-order valence-electron chi connectivity index (χ1n) is 8.17. The van der Waals surface area contributed by atoms with E-state index < -0.39 is 0 Å². The fraction of sp³-hybridized carbons (Fsp3) is 0.250. The van der Waals surface area contributed by atoms with Gasteiger partial charge in [0.2, 0.25) is 0 Å². The topological polar surface area (TPSA) is 37.8 Å². The van der Waals surface area contributed by atoms with Crippen LogP contribution in [0.1, 0.15) is 30.9 Å². The SMILES string of the molecule is CCCCc1c(-c2ccccc2)n(-c2cccc(C)c2)[nH]c1=O. The Morgan fingerprint density at radius 3 is 2.52 bits per heavy atom. The molecule has 1 heterocycles. The van der Waals surface area contributed by atoms with E-state index in [1.54, 1.807) is 0 Å². The molecule has 0 aliphatic heterocycles. The summed E-state index contributed by atoms with van der Waals surface area (Å²) in [6, 6.07) is 18.3. The minimum absolute atomic E-state index is 0.0128. The third kappa shape index (κ3) is 3.14. The Balaban J connectivity index is 2.22. The Morgan fingerprint density at radius 1 is 1.04 bits per heavy atom. The monoisotopic (exact) mass is 306 g/mol. The van der Waals surface area contributed by atoms with Crippen molar-refractivity contribution in [2.75, 3.05) is 0 Å². The van der Waals surface area contributed by atoms with Crippen molar-refractivity contribution >= 4 is 0 Å². The highest BCUT2D eigenvalue weighted by Gasteiger charge is 2.17. The molecule has 0 unspecified atom stereocenters. The van der Waals surface area contributed by atoms with Gasteiger partial charge in [-0.05, 0) is 37.5 Å². The Bertz CT molecular complexity index is 844. The van der Waals surface area contributed by atoms with E-state index in [4.69, 9.17) is 0 Å². The number of hydrogen-bond acceptors (Lipinski definition) is 1. The predicted molar refractivity (Wildman–Crippen MR) is 95.2 cm³/mol. The molecule has 2 aromatic carbocycles. The molecule has 3 heteroatoms. The second kappa shape index (κ2) is 6.69. The van der Waals surface area contributed by atoms with Gasteiger partial charge in [0.1, 0.15) is 0 Å². The maximum absolute atomic E-state index is 12.5. The van der Waals surface area contributed by atoms with Crippen molar-refractivity contribution in [1.82, 2.24) is 9.78 Å². The number of aryl methyl sites for hydroxylation is 1. The van der Waals surface area contributed by atoms with E-state index in [0.29, 0.717) is 0 Å². The lowest BCUT2D eigenvalue weighted by Crippen LogP contribution is -2.07. The summed E-state index contributed by atoms with van der Waals surface area (Å²) in [7, 11) is 0. The fourth-order valence-corrected chi connectivity index (χ4v) is 2.91. The molecule has 1 aromatic heterocycles. The number of nitrogens with zero attached hydrogens (tertiary/aromatic N) is 1. The molecular formula is C20H22N2O. The lowest BCUT2D eigenvalue weighted by Gasteiger charge is -2.11. The van der Waals surface area contributed by atoms with Crippen molar-refractivity contribution in [2.45, 2.75) is 33.1 Å². The van der Waals surface area contributed by atoms with Gasteiger partial charge in [-0.3, -0.25) is 14.6 Å². The van der Waals surface area contributed by atoms with Gasteiger partial charge in [-0.25, -0.2) is 0 Å². The first-order chi connectivity index (χ1) is 11.2. The molecule has 0 bridgehead atoms. The second-order valence-corrected chi connectivity index (χ2v) is 5.91. The first kappa shape index (κ1) is 15.3. The molecule has 3 rings (SSSR count). The van der Waals surface area contributed by atoms with Gasteiger partial charge >= 0.3 is 0 Å². The molecule has 0 saturated heterocycles. The summed E-state index contributed by atoms with van der Waals surface area (Å²) in [5.74, 6) is 0. The van der Waals surface area contributed by atoms with Gasteiger partial charge in [0.25, 0.3) is 5.56 Å². The van der Waals surface area contributed by atoms with Gasteiger partial charge < -0.3 is 0 Å². The van der Waals surface area contributed by atoms with E-state index in [1.807, 2.05) is 35.0 Å². The van der Waals surface area contributed by atoms with Gasteiger partial charge in [-0.2, -0.15) is 0 Å². The highest BCUT2D eigenvalue weighted by molar-refractivity contribution is 5.65. The molecule has 0 radical (unpaired) electrons. The van der Waals surface area contributed by atoms with Crippen LogP contribution in [0.2, 0.25) is 0 Å². The van der Waals surface area contributed by atoms with Gasteiger partial charge in [0.15, 0.2) is 0 Å². The van der Waals surface area contributed by atoms with Crippen LogP contribution in [0, 0.1) is 6.92 Å². The second-order valence-electron chi connectivity index (χ2n) is 5.91. The number of hydrogen-bond donors (Lipinski definition) is 1. The summed E-state index contributed by atoms with van der Waals surface area (Å²) in [5, 5.41) is 3.03. The lowest BCUT2D eigenvalue weighted by atomic mass is 10.0. The molecule has 0 aliphatic rings. The van der Waals surface area contributed by atoms with Crippen molar-refractivity contribution < 1.29 is 0 Å². The third-order valence-corrected chi connectivity index (χ3v) is 4.08. The highest BCUT2D eigenvalue weighted by Crippen LogP contribution is 2.25. The van der Waals surface area contributed by atoms with Crippen LogP contribution in [-0.4, -0.2) is 9.78 Å². The van der Waals surface area contributed by atoms with Gasteiger partial charge in [-0.1, -0.05) is 55.8 Å². The van der Waals surface area contributed by atoms with Gasteiger partial charge in [0, 0.05) is 11.1 Å². The summed E-state index contributed by atoms with van der Waals surface area (Å²) in [6.07, 6.45) is 2.89. The van der Waals surface area contributed by atoms with E-state index in [-0.39, 0.29) is 5.56 Å². The Labute approximate surface area is 136 Å². The minimum Gasteiger partial charge on any atom is -0.268 e. The van der Waals surface area contributed by atoms with E-state index in [2.05, 4.69) is 43.2 Å². The van der Waals surface area contributed by atoms with Crippen LogP contribution < -0.4 is 5.56 Å². The van der Waals surface area contributed by atoms with Crippen molar-refractivity contribution in [1.29, 1.82) is 0 Å². The molecule has 0 spiro atoms. The predicted octanol–water partition coefficient (Wildman–Crippen LogP) is 4.48. The number of rotatable bonds is 5. The van der Waals surface area contributed by atoms with Crippen molar-refractivity contribution in [3.05, 3.63) is 76.1 Å². The number of aromatic amines is 1. The maximum Gasteiger partial charge on any atom is 0.268 e. The van der Waals surface area contributed by atoms with Crippen LogP contribution in [0.5, 0.6) is 0 Å². The molecule has 0 fully saturated rings. The standard InChI is InChI=1S/C20H22N2O/c1-3-4-13-18-19(16-10-6-5-7-11-16)22(21-20(18)23)17-12-8-9-15(2)14-17/h5-12,14H,3-4,13H2,1-2H3,(H,21,23). The Morgan fingerprint density at radius 2 is 1.83 bits per heavy atom. The van der Waals surface area contributed by atoms with Crippen molar-refractivity contribution in [3.8, 4) is 16.9 Å². The van der Waals surface area contributed by atoms with E-state index >= 15 is 0 Å². The molecule has 3 nitrogen and oxygen atoms in total. The molecule has 0 atom stereocenters. The number of aromatic nitrogens is 2. The van der Waals surface area contributed by atoms with E-state index in [9.17, 15) is 4.79 Å². The fourth-order valence-electron chi connectivity index (χ4n) is 2.91. The van der Waals surface area contributed by atoms with Gasteiger partial charge in [0.05, 0.1) is 11.4 Å². The zero-order valence-corrected chi connectivity index (χ0v) is 13.7. The van der Waals surface area contributed by atoms with Crippen LogP contribution in [0.3, 0.4) is 0 Å². The molecule has 118 valence electrons.